The van der Waals surface area contributed by atoms with Crippen LogP contribution in [0.1, 0.15) is 0 Å². The lowest BCUT2D eigenvalue weighted by molar-refractivity contribution is -0.118. The molecule has 2 amide bonds. The van der Waals surface area contributed by atoms with Crippen LogP contribution in [0.4, 0.5) is 4.79 Å². The Morgan fingerprint density at radius 3 is 1.94 bits per heavy atom. The number of carbonyl (C=O) groups excluding carboxylic acids is 2. The summed E-state index contributed by atoms with van der Waals surface area (Å²) in [6.45, 7) is -0.705. The molecule has 10 heteroatoms. The lowest BCUT2D eigenvalue weighted by Gasteiger charge is -2.23. The van der Waals surface area contributed by atoms with E-state index in [4.69, 9.17) is 31.4 Å². The highest BCUT2D eigenvalue weighted by Crippen LogP contribution is 2.01. The standard InChI is InChI=1S/C6H13NO5.CH4N2O2/c7-3(1-8)5(11)6(12)4(10)2-9;2-1(4)3-5/h1,3-6,9-12H,2,7H2;5H,(H3,2,3,4)/t3-,4+,5+,6+;/m0./s1. The van der Waals surface area contributed by atoms with Gasteiger partial charge in [-0.25, -0.2) is 10.3 Å². The molecule has 17 heavy (non-hydrogen) atoms. The van der Waals surface area contributed by atoms with E-state index >= 15 is 0 Å². The van der Waals surface area contributed by atoms with Gasteiger partial charge in [-0.2, -0.15) is 0 Å². The van der Waals surface area contributed by atoms with Crippen molar-refractivity contribution in [2.45, 2.75) is 24.4 Å². The summed E-state index contributed by atoms with van der Waals surface area (Å²) in [5, 5.41) is 42.6. The minimum Gasteiger partial charge on any atom is -0.394 e. The predicted molar refractivity (Wildman–Crippen MR) is 53.7 cm³/mol. The number of hydroxylamine groups is 1. The molecule has 0 saturated heterocycles. The number of amides is 2. The average Bonchev–Trinajstić information content (AvgIpc) is 2.35. The van der Waals surface area contributed by atoms with Crippen molar-refractivity contribution in [3.05, 3.63) is 0 Å². The molecular formula is C7H17N3O7. The third-order valence-corrected chi connectivity index (χ3v) is 1.59. The van der Waals surface area contributed by atoms with Crippen LogP contribution < -0.4 is 16.9 Å². The number of carbonyl (C=O) groups is 2. The van der Waals surface area contributed by atoms with Crippen LogP contribution in [0.5, 0.6) is 0 Å². The highest BCUT2D eigenvalue weighted by Gasteiger charge is 2.28. The number of nitrogens with two attached hydrogens (primary N) is 2. The Bertz CT molecular complexity index is 228. The number of rotatable bonds is 5. The van der Waals surface area contributed by atoms with Crippen molar-refractivity contribution in [3.63, 3.8) is 0 Å². The Balaban J connectivity index is 0. The molecule has 0 spiro atoms. The minimum absolute atomic E-state index is 0.248. The maximum Gasteiger partial charge on any atom is 0.335 e. The normalized spacial score (nSPS) is 16.8. The van der Waals surface area contributed by atoms with Gasteiger partial charge in [0.25, 0.3) is 0 Å². The van der Waals surface area contributed by atoms with Crippen molar-refractivity contribution in [1.29, 1.82) is 0 Å². The number of hydrogen-bond acceptors (Lipinski definition) is 8. The molecule has 0 aliphatic rings. The zero-order chi connectivity index (χ0) is 14.0. The number of aliphatic hydroxyl groups is 4. The monoisotopic (exact) mass is 255 g/mol. The van der Waals surface area contributed by atoms with Crippen LogP contribution >= 0.6 is 0 Å². The second-order valence-corrected chi connectivity index (χ2v) is 2.92. The van der Waals surface area contributed by atoms with Crippen molar-refractivity contribution >= 4 is 12.3 Å². The first-order chi connectivity index (χ1) is 7.81. The van der Waals surface area contributed by atoms with Crippen molar-refractivity contribution in [2.24, 2.45) is 11.5 Å². The first-order valence-electron chi connectivity index (χ1n) is 4.37. The molecule has 0 fully saturated rings. The molecule has 0 unspecified atom stereocenters. The van der Waals surface area contributed by atoms with E-state index < -0.39 is 37.0 Å². The fourth-order valence-corrected chi connectivity index (χ4v) is 0.644. The van der Waals surface area contributed by atoms with E-state index in [-0.39, 0.29) is 6.29 Å². The number of primary amides is 1. The van der Waals surface area contributed by atoms with E-state index in [1.54, 1.807) is 0 Å². The lowest BCUT2D eigenvalue weighted by Crippen LogP contribution is -2.49. The summed E-state index contributed by atoms with van der Waals surface area (Å²) in [7, 11) is 0. The highest BCUT2D eigenvalue weighted by molar-refractivity contribution is 5.69. The summed E-state index contributed by atoms with van der Waals surface area (Å²) in [4.78, 5) is 19.3. The molecule has 0 bridgehead atoms. The van der Waals surface area contributed by atoms with Crippen LogP contribution in [-0.4, -0.2) is 68.9 Å². The van der Waals surface area contributed by atoms with Gasteiger partial charge in [-0.05, 0) is 0 Å². The summed E-state index contributed by atoms with van der Waals surface area (Å²) in [6, 6.07) is -2.20. The largest absolute Gasteiger partial charge is 0.394 e. The van der Waals surface area contributed by atoms with Gasteiger partial charge < -0.3 is 36.7 Å². The van der Waals surface area contributed by atoms with E-state index in [1.807, 2.05) is 0 Å². The lowest BCUT2D eigenvalue weighted by atomic mass is 10.0. The molecule has 10 nitrogen and oxygen atoms in total. The molecule has 0 rings (SSSR count). The minimum atomic E-state index is -1.62. The van der Waals surface area contributed by atoms with Crippen molar-refractivity contribution in [2.75, 3.05) is 6.61 Å². The number of aldehydes is 1. The van der Waals surface area contributed by atoms with E-state index in [1.165, 1.54) is 5.48 Å². The summed E-state index contributed by atoms with van der Waals surface area (Å²) in [6.07, 6.45) is -4.43. The number of hydrogen-bond donors (Lipinski definition) is 8. The van der Waals surface area contributed by atoms with Crippen LogP contribution in [0.25, 0.3) is 0 Å². The van der Waals surface area contributed by atoms with Gasteiger partial charge in [-0.3, -0.25) is 5.21 Å². The van der Waals surface area contributed by atoms with E-state index in [0.717, 1.165) is 0 Å². The fourth-order valence-electron chi connectivity index (χ4n) is 0.644. The first kappa shape index (κ1) is 18.1. The molecule has 10 N–H and O–H groups in total. The van der Waals surface area contributed by atoms with Crippen LogP contribution in [-0.2, 0) is 4.79 Å². The number of aliphatic hydroxyl groups excluding tert-OH is 4. The van der Waals surface area contributed by atoms with Crippen LogP contribution in [0, 0.1) is 0 Å². The second-order valence-electron chi connectivity index (χ2n) is 2.92. The predicted octanol–water partition coefficient (Wildman–Crippen LogP) is -4.37. The molecule has 0 aliphatic heterocycles. The molecule has 0 aliphatic carbocycles. The molecule has 0 heterocycles. The van der Waals surface area contributed by atoms with Gasteiger partial charge in [-0.15, -0.1) is 0 Å². The third-order valence-electron chi connectivity index (χ3n) is 1.59. The molecule has 4 atom stereocenters. The SMILES string of the molecule is NC(=O)NO.N[C@@H](C=O)[C@@H](O)[C@H](O)[C@H](O)CO. The third kappa shape index (κ3) is 8.50. The number of nitrogens with one attached hydrogen (secondary N) is 1. The Labute approximate surface area is 96.4 Å². The van der Waals surface area contributed by atoms with Gasteiger partial charge in [0, 0.05) is 0 Å². The van der Waals surface area contributed by atoms with Crippen molar-refractivity contribution in [3.8, 4) is 0 Å². The van der Waals surface area contributed by atoms with E-state index in [0.29, 0.717) is 0 Å². The Kier molecular flexibility index (Phi) is 10.5. The summed E-state index contributed by atoms with van der Waals surface area (Å²) < 4.78 is 0. The fraction of sp³-hybridized carbons (Fsp3) is 0.714. The smallest absolute Gasteiger partial charge is 0.335 e. The molecular weight excluding hydrogens is 238 g/mol. The van der Waals surface area contributed by atoms with E-state index in [9.17, 15) is 9.59 Å². The van der Waals surface area contributed by atoms with Gasteiger partial charge in [0.1, 0.15) is 24.6 Å². The first-order valence-corrected chi connectivity index (χ1v) is 4.37. The van der Waals surface area contributed by atoms with Crippen LogP contribution in [0.3, 0.4) is 0 Å². The average molecular weight is 255 g/mol. The molecule has 0 aromatic heterocycles. The topological polar surface area (TPSA) is 199 Å². The quantitative estimate of drug-likeness (QED) is 0.137. The molecule has 0 aromatic rings. The Morgan fingerprint density at radius 2 is 1.71 bits per heavy atom. The van der Waals surface area contributed by atoms with Crippen molar-refractivity contribution < 1.29 is 35.2 Å². The van der Waals surface area contributed by atoms with Gasteiger partial charge in [-0.1, -0.05) is 0 Å². The molecule has 0 radical (unpaired) electrons. The zero-order valence-corrected chi connectivity index (χ0v) is 8.80. The maximum atomic E-state index is 10.0. The molecule has 0 saturated carbocycles. The Hall–Kier alpha value is -1.30. The van der Waals surface area contributed by atoms with Crippen LogP contribution in [0.2, 0.25) is 0 Å². The van der Waals surface area contributed by atoms with Crippen LogP contribution in [0.15, 0.2) is 0 Å². The number of urea groups is 1. The van der Waals surface area contributed by atoms with Gasteiger partial charge >= 0.3 is 6.03 Å². The van der Waals surface area contributed by atoms with Gasteiger partial charge in [0.2, 0.25) is 0 Å². The van der Waals surface area contributed by atoms with E-state index in [2.05, 4.69) is 5.73 Å². The van der Waals surface area contributed by atoms with Gasteiger partial charge in [0.05, 0.1) is 12.6 Å². The molecule has 102 valence electrons. The summed E-state index contributed by atoms with van der Waals surface area (Å²) in [5.74, 6) is 0. The maximum absolute atomic E-state index is 10.0. The Morgan fingerprint density at radius 1 is 1.29 bits per heavy atom. The molecule has 0 aromatic carbocycles. The summed E-state index contributed by atoms with van der Waals surface area (Å²) >= 11 is 0. The second kappa shape index (κ2) is 9.89. The van der Waals surface area contributed by atoms with Gasteiger partial charge in [0.15, 0.2) is 0 Å². The summed E-state index contributed by atoms with van der Waals surface area (Å²) in [5.41, 5.74) is 10.5. The zero-order valence-electron chi connectivity index (χ0n) is 8.80. The van der Waals surface area contributed by atoms with Crippen molar-refractivity contribution in [1.82, 2.24) is 5.48 Å². The highest BCUT2D eigenvalue weighted by atomic mass is 16.5.